The highest BCUT2D eigenvalue weighted by atomic mass is 16.7. The highest BCUT2D eigenvalue weighted by Gasteiger charge is 2.46. The molecule has 3 aromatic rings. The van der Waals surface area contributed by atoms with Gasteiger partial charge in [-0.1, -0.05) is 0 Å². The molecule has 0 aliphatic carbocycles. The summed E-state index contributed by atoms with van der Waals surface area (Å²) in [6.07, 6.45) is -16.0. The van der Waals surface area contributed by atoms with Crippen molar-refractivity contribution in [1.82, 2.24) is 0 Å². The van der Waals surface area contributed by atoms with Crippen molar-refractivity contribution < 1.29 is 79.5 Å². The van der Waals surface area contributed by atoms with Crippen LogP contribution >= 0.6 is 0 Å². The molecule has 45 heavy (non-hydrogen) atoms. The fraction of sp³-hybridized carbons (Fsp3) is 0.464. The number of aliphatic hydroxyl groups excluding tert-OH is 9. The molecule has 2 aliphatic heterocycles. The van der Waals surface area contributed by atoms with E-state index in [0.29, 0.717) is 0 Å². The maximum absolute atomic E-state index is 13.3. The molecule has 2 fully saturated rings. The zero-order valence-corrected chi connectivity index (χ0v) is 23.2. The molecule has 0 amide bonds. The smallest absolute Gasteiger partial charge is 0.229 e. The summed E-state index contributed by atoms with van der Waals surface area (Å²) in [6.45, 7) is -2.26. The summed E-state index contributed by atoms with van der Waals surface area (Å²) in [5.41, 5.74) is -1.38. The Bertz CT molecular complexity index is 1570. The molecular weight excluding hydrogens is 608 g/mol. The first-order valence-corrected chi connectivity index (χ1v) is 13.6. The Morgan fingerprint density at radius 1 is 0.689 bits per heavy atom. The lowest BCUT2D eigenvalue weighted by molar-refractivity contribution is -0.277. The van der Waals surface area contributed by atoms with E-state index >= 15 is 0 Å². The first kappa shape index (κ1) is 32.8. The van der Waals surface area contributed by atoms with E-state index in [9.17, 15) is 61.0 Å². The summed E-state index contributed by atoms with van der Waals surface area (Å²) in [6, 6.07) is 5.69. The zero-order valence-electron chi connectivity index (χ0n) is 23.2. The van der Waals surface area contributed by atoms with Crippen LogP contribution in [0.2, 0.25) is 0 Å². The van der Waals surface area contributed by atoms with Gasteiger partial charge < -0.3 is 79.5 Å². The molecule has 1 aromatic heterocycles. The average Bonchev–Trinajstić information content (AvgIpc) is 3.02. The number of phenols is 2. The molecule has 10 unspecified atom stereocenters. The minimum absolute atomic E-state index is 0.0384. The minimum atomic E-state index is -1.77. The van der Waals surface area contributed by atoms with E-state index in [4.69, 9.17) is 23.4 Å². The van der Waals surface area contributed by atoms with Gasteiger partial charge in [-0.2, -0.15) is 0 Å². The van der Waals surface area contributed by atoms with Crippen LogP contribution in [-0.2, 0) is 16.1 Å². The highest BCUT2D eigenvalue weighted by Crippen LogP contribution is 2.38. The first-order chi connectivity index (χ1) is 21.4. The van der Waals surface area contributed by atoms with Crippen LogP contribution in [0.1, 0.15) is 5.56 Å². The fourth-order valence-corrected chi connectivity index (χ4v) is 5.10. The topological polar surface area (TPSA) is 290 Å². The Morgan fingerprint density at radius 3 is 1.80 bits per heavy atom. The summed E-state index contributed by atoms with van der Waals surface area (Å²) in [5.74, 6) is -1.95. The van der Waals surface area contributed by atoms with Crippen molar-refractivity contribution in [3.05, 3.63) is 46.1 Å². The van der Waals surface area contributed by atoms with Gasteiger partial charge in [0.1, 0.15) is 77.1 Å². The first-order valence-electron chi connectivity index (χ1n) is 13.6. The molecule has 0 spiro atoms. The summed E-state index contributed by atoms with van der Waals surface area (Å²) in [5, 5.41) is 110. The second kappa shape index (κ2) is 13.0. The van der Waals surface area contributed by atoms with Crippen LogP contribution in [0.15, 0.2) is 39.5 Å². The lowest BCUT2D eigenvalue weighted by atomic mass is 9.99. The number of rotatable bonds is 8. The lowest BCUT2D eigenvalue weighted by Crippen LogP contribution is -2.60. The zero-order chi connectivity index (χ0) is 32.7. The SMILES string of the molecule is O=c1c(CO)c(-c2ccc(OC3OC(CO)C(O)C(O)C3O)c(O)c2)oc2cc(OC3OC(CO)C(O)C(O)C3O)cc(O)c12. The molecule has 3 heterocycles. The number of aliphatic hydroxyl groups is 9. The Balaban J connectivity index is 1.47. The van der Waals surface area contributed by atoms with Gasteiger partial charge in [0.15, 0.2) is 11.5 Å². The second-order valence-corrected chi connectivity index (χ2v) is 10.5. The number of fused-ring (bicyclic) bond motifs is 1. The van der Waals surface area contributed by atoms with Crippen molar-refractivity contribution >= 4 is 11.0 Å². The molecule has 17 nitrogen and oxygen atoms in total. The molecule has 2 aromatic carbocycles. The molecule has 246 valence electrons. The monoisotopic (exact) mass is 640 g/mol. The molecule has 11 N–H and O–H groups in total. The van der Waals surface area contributed by atoms with Crippen molar-refractivity contribution in [3.63, 3.8) is 0 Å². The maximum Gasteiger partial charge on any atom is 0.229 e. The number of ether oxygens (including phenoxy) is 4. The van der Waals surface area contributed by atoms with E-state index in [1.54, 1.807) is 0 Å². The third-order valence-electron chi connectivity index (χ3n) is 7.61. The lowest BCUT2D eigenvalue weighted by Gasteiger charge is -2.39. The van der Waals surface area contributed by atoms with Crippen molar-refractivity contribution in [2.45, 2.75) is 68.0 Å². The van der Waals surface area contributed by atoms with Crippen molar-refractivity contribution in [2.24, 2.45) is 0 Å². The van der Waals surface area contributed by atoms with Gasteiger partial charge in [-0.15, -0.1) is 0 Å². The molecule has 2 saturated heterocycles. The number of benzene rings is 2. The third-order valence-corrected chi connectivity index (χ3v) is 7.61. The standard InChI is InChI=1S/C28H32O17/c29-6-11-19(34)18-13(33)4-10(41-27-24(39)22(37)20(35)16(7-30)44-27)5-15(18)42-26(11)9-1-2-14(12(32)3-9)43-28-25(40)23(38)21(36)17(8-31)45-28/h1-5,16-17,20-25,27-33,35-40H,6-8H2. The number of aromatic hydroxyl groups is 2. The van der Waals surface area contributed by atoms with Crippen LogP contribution in [0.4, 0.5) is 0 Å². The van der Waals surface area contributed by atoms with Crippen molar-refractivity contribution in [3.8, 4) is 34.3 Å². The average molecular weight is 641 g/mol. The molecule has 17 heteroatoms. The second-order valence-electron chi connectivity index (χ2n) is 10.5. The highest BCUT2D eigenvalue weighted by molar-refractivity contribution is 5.87. The Kier molecular flexibility index (Phi) is 9.49. The van der Waals surface area contributed by atoms with Crippen LogP contribution in [0.5, 0.6) is 23.0 Å². The van der Waals surface area contributed by atoms with E-state index in [-0.39, 0.29) is 39.4 Å². The van der Waals surface area contributed by atoms with E-state index in [1.165, 1.54) is 12.1 Å². The number of hydrogen-bond donors (Lipinski definition) is 11. The van der Waals surface area contributed by atoms with Crippen LogP contribution < -0.4 is 14.9 Å². The van der Waals surface area contributed by atoms with E-state index < -0.39 is 98.2 Å². The van der Waals surface area contributed by atoms with E-state index in [2.05, 4.69) is 0 Å². The predicted molar refractivity (Wildman–Crippen MR) is 146 cm³/mol. The summed E-state index contributed by atoms with van der Waals surface area (Å²) in [7, 11) is 0. The van der Waals surface area contributed by atoms with Gasteiger partial charge in [0, 0.05) is 17.7 Å². The normalized spacial score (nSPS) is 32.0. The third kappa shape index (κ3) is 6.03. The van der Waals surface area contributed by atoms with Gasteiger partial charge >= 0.3 is 0 Å². The minimum Gasteiger partial charge on any atom is -0.507 e. The van der Waals surface area contributed by atoms with Gasteiger partial charge in [0.25, 0.3) is 0 Å². The van der Waals surface area contributed by atoms with Crippen molar-refractivity contribution in [1.29, 1.82) is 0 Å². The fourth-order valence-electron chi connectivity index (χ4n) is 5.10. The number of phenolic OH excluding ortho intramolecular Hbond substituents is 2. The Labute approximate surface area is 252 Å². The Morgan fingerprint density at radius 2 is 1.27 bits per heavy atom. The van der Waals surface area contributed by atoms with Crippen LogP contribution in [-0.4, -0.2) is 131 Å². The largest absolute Gasteiger partial charge is 0.507 e. The van der Waals surface area contributed by atoms with Crippen LogP contribution in [0.3, 0.4) is 0 Å². The molecular formula is C28H32O17. The van der Waals surface area contributed by atoms with Gasteiger partial charge in [-0.3, -0.25) is 4.79 Å². The van der Waals surface area contributed by atoms with Gasteiger partial charge in [0.2, 0.25) is 18.0 Å². The summed E-state index contributed by atoms with van der Waals surface area (Å²) in [4.78, 5) is 13.3. The summed E-state index contributed by atoms with van der Waals surface area (Å²) < 4.78 is 27.4. The molecule has 10 atom stereocenters. The molecule has 2 aliphatic rings. The quantitative estimate of drug-likeness (QED) is 0.115. The van der Waals surface area contributed by atoms with Gasteiger partial charge in [-0.25, -0.2) is 0 Å². The van der Waals surface area contributed by atoms with E-state index in [1.807, 2.05) is 0 Å². The molecule has 0 bridgehead atoms. The predicted octanol–water partition coefficient (Wildman–Crippen LogP) is -3.28. The number of hydrogen-bond acceptors (Lipinski definition) is 17. The van der Waals surface area contributed by atoms with Gasteiger partial charge in [0.05, 0.1) is 25.4 Å². The Hall–Kier alpha value is -3.59. The molecule has 5 rings (SSSR count). The molecule has 0 radical (unpaired) electrons. The van der Waals surface area contributed by atoms with Crippen molar-refractivity contribution in [2.75, 3.05) is 13.2 Å². The molecule has 0 saturated carbocycles. The maximum atomic E-state index is 13.3. The van der Waals surface area contributed by atoms with Crippen LogP contribution in [0.25, 0.3) is 22.3 Å². The van der Waals surface area contributed by atoms with Gasteiger partial charge in [-0.05, 0) is 18.2 Å². The van der Waals surface area contributed by atoms with E-state index in [0.717, 1.165) is 18.2 Å². The summed E-state index contributed by atoms with van der Waals surface area (Å²) >= 11 is 0. The van der Waals surface area contributed by atoms with Crippen LogP contribution in [0, 0.1) is 0 Å².